The quantitative estimate of drug-likeness (QED) is 0.483. The zero-order valence-corrected chi connectivity index (χ0v) is 18.5. The molecule has 0 bridgehead atoms. The van der Waals surface area contributed by atoms with Gasteiger partial charge in [0.1, 0.15) is 24.6 Å². The number of hydrogen-bond acceptors (Lipinski definition) is 5. The molecule has 2 saturated heterocycles. The minimum atomic E-state index is -0.845. The highest BCUT2D eigenvalue weighted by molar-refractivity contribution is 6.04. The van der Waals surface area contributed by atoms with Crippen molar-refractivity contribution in [2.45, 2.75) is 57.8 Å². The summed E-state index contributed by atoms with van der Waals surface area (Å²) in [5.41, 5.74) is 1.16. The van der Waals surface area contributed by atoms with Crippen molar-refractivity contribution in [3.05, 3.63) is 29.8 Å². The highest BCUT2D eigenvalue weighted by Gasteiger charge is 2.50. The summed E-state index contributed by atoms with van der Waals surface area (Å²) in [6.45, 7) is 5.05. The Morgan fingerprint density at radius 3 is 2.81 bits per heavy atom. The van der Waals surface area contributed by atoms with Crippen LogP contribution in [-0.2, 0) is 11.2 Å². The maximum Gasteiger partial charge on any atom is 0.325 e. The van der Waals surface area contributed by atoms with Crippen LogP contribution in [0.3, 0.4) is 0 Å². The van der Waals surface area contributed by atoms with Crippen molar-refractivity contribution in [3.8, 4) is 5.75 Å². The fourth-order valence-corrected chi connectivity index (χ4v) is 3.79. The molecule has 1 aromatic rings. The van der Waals surface area contributed by atoms with Gasteiger partial charge in [-0.05, 0) is 30.5 Å². The Balaban J connectivity index is 1.69. The van der Waals surface area contributed by atoms with Gasteiger partial charge in [0.15, 0.2) is 12.0 Å². The van der Waals surface area contributed by atoms with Gasteiger partial charge in [-0.1, -0.05) is 38.8 Å². The molecule has 0 aliphatic carbocycles. The molecule has 1 aromatic carbocycles. The number of β-amino-alcohol motifs (C(OH)–C–C–N with tert-alkyl or cyclic N) is 1. The minimum absolute atomic E-state index is 0.0839. The molecule has 3 N–H and O–H groups in total. The fourth-order valence-electron chi connectivity index (χ4n) is 3.79. The van der Waals surface area contributed by atoms with Crippen molar-refractivity contribution in [2.24, 2.45) is 4.99 Å². The second kappa shape index (κ2) is 10.5. The molecule has 2 aliphatic heterocycles. The topological polar surface area (TPSA) is 106 Å². The van der Waals surface area contributed by atoms with Crippen molar-refractivity contribution < 1.29 is 19.4 Å². The maximum absolute atomic E-state index is 12.6. The zero-order valence-electron chi connectivity index (χ0n) is 18.5. The van der Waals surface area contributed by atoms with E-state index in [-0.39, 0.29) is 13.2 Å². The largest absolute Gasteiger partial charge is 0.491 e. The summed E-state index contributed by atoms with van der Waals surface area (Å²) < 4.78 is 5.77. The van der Waals surface area contributed by atoms with E-state index in [4.69, 9.17) is 4.74 Å². The Bertz CT molecular complexity index is 815. The first-order valence-corrected chi connectivity index (χ1v) is 11.0. The molecule has 0 spiro atoms. The van der Waals surface area contributed by atoms with Crippen LogP contribution in [-0.4, -0.2) is 77.9 Å². The number of likely N-dealkylation sites (N-methyl/N-ethyl adjacent to an activating group) is 1. The van der Waals surface area contributed by atoms with Crippen LogP contribution in [0.15, 0.2) is 29.3 Å². The number of urea groups is 1. The molecular weight excluding hydrogens is 398 g/mol. The van der Waals surface area contributed by atoms with Gasteiger partial charge < -0.3 is 25.0 Å². The van der Waals surface area contributed by atoms with Crippen LogP contribution in [0, 0.1) is 0 Å². The summed E-state index contributed by atoms with van der Waals surface area (Å²) in [4.78, 5) is 32.4. The average Bonchev–Trinajstić information content (AvgIpc) is 3.12. The number of carbonyl (C=O) groups is 2. The van der Waals surface area contributed by atoms with Crippen LogP contribution < -0.4 is 15.4 Å². The molecule has 2 heterocycles. The summed E-state index contributed by atoms with van der Waals surface area (Å²) in [5.74, 6) is 0.822. The zero-order chi connectivity index (χ0) is 22.4. The number of aliphatic hydroxyl groups excluding tert-OH is 1. The summed E-state index contributed by atoms with van der Waals surface area (Å²) in [6, 6.07) is 6.65. The lowest BCUT2D eigenvalue weighted by atomic mass is 10.1. The number of nitrogens with one attached hydrogen (secondary N) is 2. The normalized spacial score (nSPS) is 22.9. The van der Waals surface area contributed by atoms with Gasteiger partial charge in [-0.3, -0.25) is 15.1 Å². The van der Waals surface area contributed by atoms with E-state index in [1.807, 2.05) is 24.3 Å². The van der Waals surface area contributed by atoms with Crippen LogP contribution in [0.5, 0.6) is 5.75 Å². The minimum Gasteiger partial charge on any atom is -0.491 e. The molecule has 3 atom stereocenters. The molecule has 3 rings (SSSR count). The Labute approximate surface area is 183 Å². The predicted molar refractivity (Wildman–Crippen MR) is 118 cm³/mol. The van der Waals surface area contributed by atoms with E-state index in [0.29, 0.717) is 18.3 Å². The first kappa shape index (κ1) is 22.9. The van der Waals surface area contributed by atoms with Crippen molar-refractivity contribution in [1.82, 2.24) is 20.4 Å². The van der Waals surface area contributed by atoms with Gasteiger partial charge in [0, 0.05) is 13.6 Å². The highest BCUT2D eigenvalue weighted by atomic mass is 16.5. The van der Waals surface area contributed by atoms with Crippen molar-refractivity contribution in [2.75, 3.05) is 26.7 Å². The number of rotatable bonds is 10. The Morgan fingerprint density at radius 2 is 2.06 bits per heavy atom. The third-order valence-electron chi connectivity index (χ3n) is 5.60. The maximum atomic E-state index is 12.6. The molecule has 170 valence electrons. The van der Waals surface area contributed by atoms with Gasteiger partial charge in [0.25, 0.3) is 5.91 Å². The molecule has 3 unspecified atom stereocenters. The Kier molecular flexibility index (Phi) is 7.73. The number of aliphatic hydroxyl groups is 1. The third kappa shape index (κ3) is 5.46. The molecular formula is C22H33N5O4. The second-order valence-electron chi connectivity index (χ2n) is 7.97. The average molecular weight is 432 g/mol. The highest BCUT2D eigenvalue weighted by Crippen LogP contribution is 2.21. The van der Waals surface area contributed by atoms with Crippen molar-refractivity contribution >= 4 is 17.9 Å². The smallest absolute Gasteiger partial charge is 0.325 e. The molecule has 0 radical (unpaired) electrons. The van der Waals surface area contributed by atoms with E-state index >= 15 is 0 Å². The molecule has 9 nitrogen and oxygen atoms in total. The lowest BCUT2D eigenvalue weighted by molar-refractivity contribution is -0.127. The number of hydrogen-bond donors (Lipinski definition) is 3. The Morgan fingerprint density at radius 1 is 1.26 bits per heavy atom. The lowest BCUT2D eigenvalue weighted by Crippen LogP contribution is -2.65. The summed E-state index contributed by atoms with van der Waals surface area (Å²) in [6.07, 6.45) is 2.62. The van der Waals surface area contributed by atoms with E-state index < -0.39 is 30.2 Å². The van der Waals surface area contributed by atoms with Crippen LogP contribution >= 0.6 is 0 Å². The standard InChI is InChI=1S/C22H33N5O4/c1-4-6-7-11-23-21-24-19-18(20(29)25-22(30)26(19)3)27(21)13-16(28)14-31-17-10-8-9-15(5-2)12-17/h8-10,12,16,18-19,28H,4-7,11,13-14H2,1-3H3,(H,23,24)(H,25,29,30). The van der Waals surface area contributed by atoms with E-state index in [9.17, 15) is 14.7 Å². The van der Waals surface area contributed by atoms with Crippen molar-refractivity contribution in [3.63, 3.8) is 0 Å². The Hall–Kier alpha value is -2.81. The number of amides is 3. The molecule has 2 aliphatic rings. The molecule has 0 aromatic heterocycles. The predicted octanol–water partition coefficient (Wildman–Crippen LogP) is 1.32. The summed E-state index contributed by atoms with van der Waals surface area (Å²) in [7, 11) is 1.63. The molecule has 31 heavy (non-hydrogen) atoms. The van der Waals surface area contributed by atoms with Gasteiger partial charge in [0.05, 0.1) is 6.54 Å². The number of benzene rings is 1. The molecule has 2 fully saturated rings. The molecule has 3 amide bonds. The number of carbonyl (C=O) groups excluding carboxylic acids is 2. The number of unbranched alkanes of at least 4 members (excludes halogenated alkanes) is 2. The van der Waals surface area contributed by atoms with Gasteiger partial charge in [-0.25, -0.2) is 4.79 Å². The first-order chi connectivity index (χ1) is 14.9. The number of nitrogens with zero attached hydrogens (tertiary/aromatic N) is 3. The summed E-state index contributed by atoms with van der Waals surface area (Å²) >= 11 is 0. The number of guanidine groups is 1. The van der Waals surface area contributed by atoms with Gasteiger partial charge in [0.2, 0.25) is 0 Å². The number of aliphatic imine (C=N–C) groups is 1. The monoisotopic (exact) mass is 431 g/mol. The number of fused-ring (bicyclic) bond motifs is 1. The number of imide groups is 1. The van der Waals surface area contributed by atoms with Crippen LogP contribution in [0.4, 0.5) is 4.79 Å². The number of aryl methyl sites for hydroxylation is 1. The van der Waals surface area contributed by atoms with Crippen LogP contribution in [0.25, 0.3) is 0 Å². The van der Waals surface area contributed by atoms with Gasteiger partial charge in [-0.15, -0.1) is 0 Å². The van der Waals surface area contributed by atoms with E-state index in [1.54, 1.807) is 11.9 Å². The second-order valence-corrected chi connectivity index (χ2v) is 7.97. The van der Waals surface area contributed by atoms with Gasteiger partial charge in [-0.2, -0.15) is 0 Å². The summed E-state index contributed by atoms with van der Waals surface area (Å²) in [5, 5.41) is 16.2. The number of ether oxygens (including phenoxy) is 1. The van der Waals surface area contributed by atoms with E-state index in [1.165, 1.54) is 4.90 Å². The molecule has 9 heteroatoms. The molecule has 0 saturated carbocycles. The third-order valence-corrected chi connectivity index (χ3v) is 5.60. The lowest BCUT2D eigenvalue weighted by Gasteiger charge is -2.35. The van der Waals surface area contributed by atoms with Crippen molar-refractivity contribution in [1.29, 1.82) is 0 Å². The van der Waals surface area contributed by atoms with Crippen LogP contribution in [0.2, 0.25) is 0 Å². The SMILES string of the molecule is CCCCCN=C1NC2C(C(=O)NC(=O)N2C)N1CC(O)COc1cccc(CC)c1. The fraction of sp³-hybridized carbons (Fsp3) is 0.591. The van der Waals surface area contributed by atoms with Crippen LogP contribution in [0.1, 0.15) is 38.7 Å². The first-order valence-electron chi connectivity index (χ1n) is 11.0. The van der Waals surface area contributed by atoms with Gasteiger partial charge >= 0.3 is 6.03 Å². The van der Waals surface area contributed by atoms with E-state index in [0.717, 1.165) is 31.2 Å². The van der Waals surface area contributed by atoms with E-state index in [2.05, 4.69) is 29.5 Å².